The third-order valence-corrected chi connectivity index (χ3v) is 3.34. The molecular formula is C12H16N2O. The Morgan fingerprint density at radius 3 is 2.80 bits per heavy atom. The zero-order valence-corrected chi connectivity index (χ0v) is 9.07. The number of ether oxygens (including phenoxy) is 1. The number of aromatic nitrogens is 1. The van der Waals surface area contributed by atoms with Crippen LogP contribution in [-0.4, -0.2) is 24.7 Å². The molecule has 2 fully saturated rings. The van der Waals surface area contributed by atoms with Crippen LogP contribution >= 0.6 is 0 Å². The smallest absolute Gasteiger partial charge is 0.134 e. The summed E-state index contributed by atoms with van der Waals surface area (Å²) in [6, 6.07) is 4.15. The number of nitrogens with zero attached hydrogens (tertiary/aromatic N) is 2. The molecule has 2 saturated heterocycles. The van der Waals surface area contributed by atoms with Crippen LogP contribution in [0.4, 0.5) is 5.82 Å². The maximum Gasteiger partial charge on any atom is 0.134 e. The van der Waals surface area contributed by atoms with E-state index in [1.54, 1.807) is 0 Å². The quantitative estimate of drug-likeness (QED) is 0.689. The van der Waals surface area contributed by atoms with Gasteiger partial charge in [-0.15, -0.1) is 0 Å². The van der Waals surface area contributed by atoms with Crippen molar-refractivity contribution < 1.29 is 4.74 Å². The molecule has 3 nitrogen and oxygen atoms in total. The lowest BCUT2D eigenvalue weighted by Crippen LogP contribution is -2.22. The van der Waals surface area contributed by atoms with Crippen molar-refractivity contribution in [2.45, 2.75) is 25.4 Å². The van der Waals surface area contributed by atoms with E-state index in [9.17, 15) is 0 Å². The molecule has 2 aliphatic rings. The van der Waals surface area contributed by atoms with E-state index in [4.69, 9.17) is 4.74 Å². The van der Waals surface area contributed by atoms with Crippen molar-refractivity contribution in [2.24, 2.45) is 0 Å². The molecule has 0 amide bonds. The highest BCUT2D eigenvalue weighted by Crippen LogP contribution is 2.42. The number of pyridine rings is 1. The highest BCUT2D eigenvalue weighted by Gasteiger charge is 2.44. The lowest BCUT2D eigenvalue weighted by Gasteiger charge is -2.21. The van der Waals surface area contributed by atoms with Crippen LogP contribution < -0.4 is 4.90 Å². The minimum absolute atomic E-state index is 0.0633. The first-order chi connectivity index (χ1) is 7.30. The van der Waals surface area contributed by atoms with Crippen LogP contribution in [0.25, 0.3) is 0 Å². The van der Waals surface area contributed by atoms with Gasteiger partial charge in [-0.1, -0.05) is 6.07 Å². The Labute approximate surface area is 90.1 Å². The van der Waals surface area contributed by atoms with Crippen LogP contribution in [0, 0.1) is 0 Å². The molecule has 1 unspecified atom stereocenters. The van der Waals surface area contributed by atoms with Crippen LogP contribution in [0.15, 0.2) is 18.3 Å². The molecule has 1 aromatic rings. The minimum atomic E-state index is -0.0633. The molecule has 80 valence electrons. The molecule has 0 aromatic carbocycles. The van der Waals surface area contributed by atoms with Gasteiger partial charge < -0.3 is 9.64 Å². The fourth-order valence-electron chi connectivity index (χ4n) is 2.25. The van der Waals surface area contributed by atoms with Crippen molar-refractivity contribution in [3.63, 3.8) is 0 Å². The Bertz CT molecular complexity index is 368. The summed E-state index contributed by atoms with van der Waals surface area (Å²) < 4.78 is 5.52. The predicted octanol–water partition coefficient (Wildman–Crippen LogP) is 1.93. The highest BCUT2D eigenvalue weighted by molar-refractivity contribution is 5.51. The summed E-state index contributed by atoms with van der Waals surface area (Å²) in [5.41, 5.74) is 1.19. The van der Waals surface area contributed by atoms with Gasteiger partial charge in [0.1, 0.15) is 11.4 Å². The van der Waals surface area contributed by atoms with Crippen molar-refractivity contribution >= 4 is 5.82 Å². The molecule has 0 saturated carbocycles. The minimum Gasteiger partial charge on any atom is -0.365 e. The fraction of sp³-hybridized carbons (Fsp3) is 0.583. The molecule has 15 heavy (non-hydrogen) atoms. The average molecular weight is 204 g/mol. The molecular weight excluding hydrogens is 188 g/mol. The Balaban J connectivity index is 1.98. The van der Waals surface area contributed by atoms with Gasteiger partial charge in [-0.2, -0.15) is 0 Å². The lowest BCUT2D eigenvalue weighted by atomic mass is 10.0. The van der Waals surface area contributed by atoms with Gasteiger partial charge in [0.15, 0.2) is 0 Å². The molecule has 2 aliphatic heterocycles. The van der Waals surface area contributed by atoms with E-state index in [2.05, 4.69) is 22.9 Å². The van der Waals surface area contributed by atoms with Crippen LogP contribution in [-0.2, 0) is 10.3 Å². The SMILES string of the molecule is CC1(c2cccnc2N2CCCC2)CO1. The molecule has 0 spiro atoms. The number of hydrogen-bond donors (Lipinski definition) is 0. The molecule has 3 heterocycles. The van der Waals surface area contributed by atoms with Gasteiger partial charge in [0, 0.05) is 24.8 Å². The second kappa shape index (κ2) is 3.20. The molecule has 3 heteroatoms. The monoisotopic (exact) mass is 204 g/mol. The van der Waals surface area contributed by atoms with Gasteiger partial charge in [0.25, 0.3) is 0 Å². The first-order valence-electron chi connectivity index (χ1n) is 5.64. The van der Waals surface area contributed by atoms with Gasteiger partial charge >= 0.3 is 0 Å². The van der Waals surface area contributed by atoms with Gasteiger partial charge in [-0.25, -0.2) is 4.98 Å². The van der Waals surface area contributed by atoms with Crippen molar-refractivity contribution in [1.29, 1.82) is 0 Å². The molecule has 0 bridgehead atoms. The van der Waals surface area contributed by atoms with E-state index < -0.39 is 0 Å². The maximum atomic E-state index is 5.52. The summed E-state index contributed by atoms with van der Waals surface area (Å²) in [7, 11) is 0. The van der Waals surface area contributed by atoms with E-state index in [1.807, 2.05) is 12.3 Å². The van der Waals surface area contributed by atoms with Crippen LogP contribution in [0.3, 0.4) is 0 Å². The third kappa shape index (κ3) is 1.51. The highest BCUT2D eigenvalue weighted by atomic mass is 16.6. The number of rotatable bonds is 2. The van der Waals surface area contributed by atoms with Gasteiger partial charge in [-0.3, -0.25) is 0 Å². The predicted molar refractivity (Wildman–Crippen MR) is 59.0 cm³/mol. The van der Waals surface area contributed by atoms with E-state index in [1.165, 1.54) is 18.4 Å². The largest absolute Gasteiger partial charge is 0.365 e. The van der Waals surface area contributed by atoms with E-state index in [0.717, 1.165) is 25.5 Å². The first-order valence-corrected chi connectivity index (χ1v) is 5.64. The zero-order valence-electron chi connectivity index (χ0n) is 9.07. The molecule has 1 aromatic heterocycles. The normalized spacial score (nSPS) is 29.5. The summed E-state index contributed by atoms with van der Waals surface area (Å²) in [4.78, 5) is 6.89. The standard InChI is InChI=1S/C12H16N2O/c1-12(9-15-12)10-5-4-6-13-11(10)14-7-2-3-8-14/h4-6H,2-3,7-9H2,1H3. The van der Waals surface area contributed by atoms with Gasteiger partial charge in [-0.05, 0) is 25.8 Å². The Morgan fingerprint density at radius 2 is 2.13 bits per heavy atom. The molecule has 3 rings (SSSR count). The Hall–Kier alpha value is -1.09. The number of anilines is 1. The van der Waals surface area contributed by atoms with Crippen molar-refractivity contribution in [1.82, 2.24) is 4.98 Å². The summed E-state index contributed by atoms with van der Waals surface area (Å²) in [5.74, 6) is 1.13. The lowest BCUT2D eigenvalue weighted by molar-refractivity contribution is 0.329. The summed E-state index contributed by atoms with van der Waals surface area (Å²) in [6.45, 7) is 5.25. The van der Waals surface area contributed by atoms with Crippen molar-refractivity contribution in [3.05, 3.63) is 23.9 Å². The summed E-state index contributed by atoms with van der Waals surface area (Å²) >= 11 is 0. The van der Waals surface area contributed by atoms with E-state index in [-0.39, 0.29) is 5.60 Å². The van der Waals surface area contributed by atoms with Crippen molar-refractivity contribution in [2.75, 3.05) is 24.6 Å². The van der Waals surface area contributed by atoms with Gasteiger partial charge in [0.05, 0.1) is 6.61 Å². The number of epoxide rings is 1. The van der Waals surface area contributed by atoms with Gasteiger partial charge in [0.2, 0.25) is 0 Å². The Kier molecular flexibility index (Phi) is 1.96. The first kappa shape index (κ1) is 9.16. The fourth-order valence-corrected chi connectivity index (χ4v) is 2.25. The second-order valence-electron chi connectivity index (χ2n) is 4.59. The molecule has 1 atom stereocenters. The van der Waals surface area contributed by atoms with Crippen molar-refractivity contribution in [3.8, 4) is 0 Å². The average Bonchev–Trinajstić information content (AvgIpc) is 2.84. The zero-order chi connectivity index (χ0) is 10.3. The molecule has 0 N–H and O–H groups in total. The third-order valence-electron chi connectivity index (χ3n) is 3.34. The molecule has 0 radical (unpaired) electrons. The summed E-state index contributed by atoms with van der Waals surface area (Å²) in [6.07, 6.45) is 4.45. The Morgan fingerprint density at radius 1 is 1.40 bits per heavy atom. The number of hydrogen-bond acceptors (Lipinski definition) is 3. The van der Waals surface area contributed by atoms with E-state index >= 15 is 0 Å². The second-order valence-corrected chi connectivity index (χ2v) is 4.59. The molecule has 0 aliphatic carbocycles. The topological polar surface area (TPSA) is 28.7 Å². The summed E-state index contributed by atoms with van der Waals surface area (Å²) in [5, 5.41) is 0. The maximum absolute atomic E-state index is 5.52. The van der Waals surface area contributed by atoms with E-state index in [0.29, 0.717) is 0 Å². The van der Waals surface area contributed by atoms with Crippen LogP contribution in [0.5, 0.6) is 0 Å². The van der Waals surface area contributed by atoms with Crippen LogP contribution in [0.1, 0.15) is 25.3 Å². The van der Waals surface area contributed by atoms with Crippen LogP contribution in [0.2, 0.25) is 0 Å².